The fourth-order valence-electron chi connectivity index (χ4n) is 2.59. The van der Waals surface area contributed by atoms with Crippen LogP contribution >= 0.6 is 0 Å². The van der Waals surface area contributed by atoms with Crippen molar-refractivity contribution in [3.8, 4) is 0 Å². The lowest BCUT2D eigenvalue weighted by molar-refractivity contribution is -0.149. The molecule has 1 aliphatic carbocycles. The van der Waals surface area contributed by atoms with Crippen molar-refractivity contribution < 1.29 is 14.7 Å². The predicted molar refractivity (Wildman–Crippen MR) is 58.5 cm³/mol. The largest absolute Gasteiger partial charge is 0.393 e. The molecule has 2 amide bonds. The molecule has 2 rings (SSSR count). The van der Waals surface area contributed by atoms with E-state index >= 15 is 0 Å². The van der Waals surface area contributed by atoms with Gasteiger partial charge in [0.2, 0.25) is 11.8 Å². The zero-order chi connectivity index (χ0) is 11.5. The van der Waals surface area contributed by atoms with Crippen LogP contribution in [0.3, 0.4) is 0 Å². The number of amides is 2. The third-order valence-corrected chi connectivity index (χ3v) is 3.64. The second-order valence-corrected chi connectivity index (χ2v) is 4.93. The van der Waals surface area contributed by atoms with Gasteiger partial charge in [-0.05, 0) is 38.0 Å². The Morgan fingerprint density at radius 3 is 2.19 bits per heavy atom. The number of hydrogen-bond acceptors (Lipinski definition) is 3. The predicted octanol–water partition coefficient (Wildman–Crippen LogP) is 1.08. The summed E-state index contributed by atoms with van der Waals surface area (Å²) in [6, 6.07) is 0. The molecule has 0 spiro atoms. The molecule has 1 saturated carbocycles. The molecular weight excluding hydrogens is 206 g/mol. The second-order valence-electron chi connectivity index (χ2n) is 4.93. The Hall–Kier alpha value is -0.900. The van der Waals surface area contributed by atoms with Gasteiger partial charge in [-0.15, -0.1) is 0 Å². The van der Waals surface area contributed by atoms with Crippen LogP contribution in [0.4, 0.5) is 0 Å². The fourth-order valence-corrected chi connectivity index (χ4v) is 2.59. The van der Waals surface area contributed by atoms with Gasteiger partial charge in [-0.1, -0.05) is 0 Å². The molecule has 0 aromatic rings. The van der Waals surface area contributed by atoms with Crippen LogP contribution in [-0.4, -0.2) is 34.5 Å². The average molecular weight is 225 g/mol. The highest BCUT2D eigenvalue weighted by Crippen LogP contribution is 2.26. The van der Waals surface area contributed by atoms with Crippen LogP contribution in [0.2, 0.25) is 0 Å². The smallest absolute Gasteiger partial charge is 0.229 e. The average Bonchev–Trinajstić information content (AvgIpc) is 2.26. The maximum Gasteiger partial charge on any atom is 0.229 e. The second kappa shape index (κ2) is 4.95. The van der Waals surface area contributed by atoms with Crippen LogP contribution in [0, 0.1) is 5.92 Å². The van der Waals surface area contributed by atoms with E-state index < -0.39 is 0 Å². The summed E-state index contributed by atoms with van der Waals surface area (Å²) in [5.74, 6) is 0.374. The Balaban J connectivity index is 1.88. The Morgan fingerprint density at radius 2 is 1.62 bits per heavy atom. The van der Waals surface area contributed by atoms with E-state index in [2.05, 4.69) is 0 Å². The van der Waals surface area contributed by atoms with Crippen LogP contribution in [0.15, 0.2) is 0 Å². The van der Waals surface area contributed by atoms with E-state index in [4.69, 9.17) is 0 Å². The molecule has 4 heteroatoms. The number of hydrogen-bond donors (Lipinski definition) is 1. The lowest BCUT2D eigenvalue weighted by Gasteiger charge is -2.32. The van der Waals surface area contributed by atoms with E-state index in [9.17, 15) is 14.7 Å². The van der Waals surface area contributed by atoms with Gasteiger partial charge in [0, 0.05) is 19.4 Å². The lowest BCUT2D eigenvalue weighted by atomic mass is 9.87. The van der Waals surface area contributed by atoms with Gasteiger partial charge in [-0.2, -0.15) is 0 Å². The van der Waals surface area contributed by atoms with Gasteiger partial charge in [-0.25, -0.2) is 0 Å². The van der Waals surface area contributed by atoms with Crippen molar-refractivity contribution in [3.05, 3.63) is 0 Å². The molecule has 0 aromatic carbocycles. The number of piperidine rings is 1. The molecule has 1 heterocycles. The number of aliphatic hydroxyl groups excluding tert-OH is 1. The van der Waals surface area contributed by atoms with Crippen LogP contribution in [0.25, 0.3) is 0 Å². The van der Waals surface area contributed by atoms with Crippen molar-refractivity contribution in [1.82, 2.24) is 4.90 Å². The highest BCUT2D eigenvalue weighted by atomic mass is 16.3. The molecule has 2 fully saturated rings. The van der Waals surface area contributed by atoms with Gasteiger partial charge in [0.05, 0.1) is 6.10 Å². The molecule has 0 atom stereocenters. The zero-order valence-electron chi connectivity index (χ0n) is 9.52. The SMILES string of the molecule is O=C1CCCC(=O)N1CC1CCC(O)CC1. The molecule has 4 nitrogen and oxygen atoms in total. The first-order valence-corrected chi connectivity index (χ1v) is 6.18. The van der Waals surface area contributed by atoms with E-state index in [-0.39, 0.29) is 17.9 Å². The highest BCUT2D eigenvalue weighted by Gasteiger charge is 2.29. The minimum Gasteiger partial charge on any atom is -0.393 e. The number of carbonyl (C=O) groups is 2. The van der Waals surface area contributed by atoms with Gasteiger partial charge in [0.25, 0.3) is 0 Å². The first-order chi connectivity index (χ1) is 7.66. The van der Waals surface area contributed by atoms with Crippen LogP contribution < -0.4 is 0 Å². The first-order valence-electron chi connectivity index (χ1n) is 6.18. The van der Waals surface area contributed by atoms with E-state index in [0.29, 0.717) is 31.7 Å². The Kier molecular flexibility index (Phi) is 3.59. The summed E-state index contributed by atoms with van der Waals surface area (Å²) >= 11 is 0. The van der Waals surface area contributed by atoms with Gasteiger partial charge in [0.15, 0.2) is 0 Å². The molecule has 0 unspecified atom stereocenters. The van der Waals surface area contributed by atoms with Crippen molar-refractivity contribution in [2.75, 3.05) is 6.54 Å². The minimum absolute atomic E-state index is 0.0117. The van der Waals surface area contributed by atoms with Gasteiger partial charge >= 0.3 is 0 Å². The molecule has 0 aromatic heterocycles. The van der Waals surface area contributed by atoms with Crippen molar-refractivity contribution in [1.29, 1.82) is 0 Å². The summed E-state index contributed by atoms with van der Waals surface area (Å²) in [6.07, 6.45) is 5.03. The van der Waals surface area contributed by atoms with E-state index in [1.54, 1.807) is 0 Å². The number of carbonyl (C=O) groups excluding carboxylic acids is 2. The standard InChI is InChI=1S/C12H19NO3/c14-10-6-4-9(5-7-10)8-13-11(15)2-1-3-12(13)16/h9-10,14H,1-8H2. The number of likely N-dealkylation sites (tertiary alicyclic amines) is 1. The lowest BCUT2D eigenvalue weighted by Crippen LogP contribution is -2.43. The third-order valence-electron chi connectivity index (χ3n) is 3.64. The zero-order valence-corrected chi connectivity index (χ0v) is 9.52. The highest BCUT2D eigenvalue weighted by molar-refractivity contribution is 5.97. The molecule has 1 aliphatic heterocycles. The Bertz CT molecular complexity index is 266. The van der Waals surface area contributed by atoms with Gasteiger partial charge in [-0.3, -0.25) is 14.5 Å². The summed E-state index contributed by atoms with van der Waals surface area (Å²) in [6.45, 7) is 0.574. The molecule has 0 bridgehead atoms. The minimum atomic E-state index is -0.177. The molecule has 1 N–H and O–H groups in total. The van der Waals surface area contributed by atoms with E-state index in [0.717, 1.165) is 25.7 Å². The molecule has 90 valence electrons. The van der Waals surface area contributed by atoms with Crippen LogP contribution in [-0.2, 0) is 9.59 Å². The van der Waals surface area contributed by atoms with E-state index in [1.165, 1.54) is 4.90 Å². The van der Waals surface area contributed by atoms with Crippen molar-refractivity contribution in [2.45, 2.75) is 51.0 Å². The maximum atomic E-state index is 11.6. The normalized spacial score (nSPS) is 31.9. The van der Waals surface area contributed by atoms with Crippen molar-refractivity contribution >= 4 is 11.8 Å². The maximum absolute atomic E-state index is 11.6. The fraction of sp³-hybridized carbons (Fsp3) is 0.833. The summed E-state index contributed by atoms with van der Waals surface area (Å²) in [7, 11) is 0. The van der Waals surface area contributed by atoms with Crippen LogP contribution in [0.1, 0.15) is 44.9 Å². The third kappa shape index (κ3) is 2.61. The summed E-state index contributed by atoms with van der Waals surface area (Å²) in [5, 5.41) is 9.39. The number of rotatable bonds is 2. The summed E-state index contributed by atoms with van der Waals surface area (Å²) < 4.78 is 0. The molecule has 1 saturated heterocycles. The Labute approximate surface area is 95.6 Å². The number of nitrogens with zero attached hydrogens (tertiary/aromatic N) is 1. The van der Waals surface area contributed by atoms with Crippen molar-refractivity contribution in [3.63, 3.8) is 0 Å². The monoisotopic (exact) mass is 225 g/mol. The molecular formula is C12H19NO3. The number of imide groups is 1. The quantitative estimate of drug-likeness (QED) is 0.715. The first kappa shape index (κ1) is 11.6. The molecule has 2 aliphatic rings. The van der Waals surface area contributed by atoms with E-state index in [1.807, 2.05) is 0 Å². The molecule has 0 radical (unpaired) electrons. The van der Waals surface area contributed by atoms with Crippen molar-refractivity contribution in [2.24, 2.45) is 5.92 Å². The van der Waals surface area contributed by atoms with Gasteiger partial charge < -0.3 is 5.11 Å². The summed E-state index contributed by atoms with van der Waals surface area (Å²) in [5.41, 5.74) is 0. The van der Waals surface area contributed by atoms with Crippen LogP contribution in [0.5, 0.6) is 0 Å². The topological polar surface area (TPSA) is 57.6 Å². The van der Waals surface area contributed by atoms with Gasteiger partial charge in [0.1, 0.15) is 0 Å². The number of aliphatic hydroxyl groups is 1. The Morgan fingerprint density at radius 1 is 1.06 bits per heavy atom. The molecule has 16 heavy (non-hydrogen) atoms. The summed E-state index contributed by atoms with van der Waals surface area (Å²) in [4.78, 5) is 24.6.